The Morgan fingerprint density at radius 2 is 2.14 bits per heavy atom. The number of carbonyl (C=O) groups excluding carboxylic acids is 1. The van der Waals surface area contributed by atoms with Crippen molar-refractivity contribution in [2.75, 3.05) is 0 Å². The van der Waals surface area contributed by atoms with Gasteiger partial charge in [-0.15, -0.1) is 0 Å². The second-order valence-electron chi connectivity index (χ2n) is 4.23. The van der Waals surface area contributed by atoms with Crippen LogP contribution in [0.5, 0.6) is 0 Å². The van der Waals surface area contributed by atoms with Crippen LogP contribution in [0.2, 0.25) is 0 Å². The van der Waals surface area contributed by atoms with Crippen molar-refractivity contribution < 1.29 is 4.79 Å². The quantitative estimate of drug-likeness (QED) is 0.669. The molecule has 0 unspecified atom stereocenters. The number of hydrogen-bond donors (Lipinski definition) is 0. The molecule has 14 heavy (non-hydrogen) atoms. The predicted molar refractivity (Wildman–Crippen MR) is 57.7 cm³/mol. The summed E-state index contributed by atoms with van der Waals surface area (Å²) in [7, 11) is 0. The van der Waals surface area contributed by atoms with E-state index in [2.05, 4.69) is 4.98 Å². The summed E-state index contributed by atoms with van der Waals surface area (Å²) in [6.07, 6.45) is 6.84. The number of ketones is 1. The largest absolute Gasteiger partial charge is 0.294 e. The van der Waals surface area contributed by atoms with Gasteiger partial charge in [0, 0.05) is 17.8 Å². The van der Waals surface area contributed by atoms with E-state index in [1.54, 1.807) is 24.5 Å². The van der Waals surface area contributed by atoms with E-state index in [9.17, 15) is 4.79 Å². The van der Waals surface area contributed by atoms with Gasteiger partial charge >= 0.3 is 0 Å². The summed E-state index contributed by atoms with van der Waals surface area (Å²) in [5.41, 5.74) is 0.642. The van der Waals surface area contributed by atoms with Crippen LogP contribution in [0, 0.1) is 5.41 Å². The minimum atomic E-state index is -0.307. The molecule has 0 aliphatic carbocycles. The fourth-order valence-electron chi connectivity index (χ4n) is 0.896. The molecule has 0 saturated carbocycles. The fourth-order valence-corrected chi connectivity index (χ4v) is 0.896. The Balaban J connectivity index is 2.71. The van der Waals surface area contributed by atoms with Gasteiger partial charge in [0.25, 0.3) is 0 Å². The summed E-state index contributed by atoms with van der Waals surface area (Å²) in [5.74, 6) is 0.126. The summed E-state index contributed by atoms with van der Waals surface area (Å²) in [5, 5.41) is 0. The Bertz CT molecular complexity index is 333. The third-order valence-corrected chi connectivity index (χ3v) is 1.85. The normalized spacial score (nSPS) is 11.9. The molecule has 0 radical (unpaired) electrons. The average Bonchev–Trinajstić information content (AvgIpc) is 2.14. The number of aromatic nitrogens is 1. The summed E-state index contributed by atoms with van der Waals surface area (Å²) in [6, 6.07) is 3.76. The molecule has 0 aliphatic heterocycles. The van der Waals surface area contributed by atoms with E-state index in [1.165, 1.54) is 0 Å². The van der Waals surface area contributed by atoms with Gasteiger partial charge in [0.15, 0.2) is 5.78 Å². The van der Waals surface area contributed by atoms with Gasteiger partial charge in [-0.05, 0) is 23.8 Å². The monoisotopic (exact) mass is 189 g/mol. The van der Waals surface area contributed by atoms with Gasteiger partial charge in [0.2, 0.25) is 0 Å². The van der Waals surface area contributed by atoms with Gasteiger partial charge in [0.05, 0.1) is 0 Å². The number of hydrogen-bond acceptors (Lipinski definition) is 2. The van der Waals surface area contributed by atoms with Crippen molar-refractivity contribution in [3.8, 4) is 0 Å². The maximum Gasteiger partial charge on any atom is 0.161 e. The van der Waals surface area contributed by atoms with E-state index in [-0.39, 0.29) is 11.2 Å². The minimum absolute atomic E-state index is 0.126. The zero-order chi connectivity index (χ0) is 10.6. The average molecular weight is 189 g/mol. The Morgan fingerprint density at radius 1 is 1.43 bits per heavy atom. The Morgan fingerprint density at radius 3 is 2.64 bits per heavy atom. The molecule has 1 aromatic heterocycles. The molecule has 1 rings (SSSR count). The third-order valence-electron chi connectivity index (χ3n) is 1.85. The number of pyridine rings is 1. The minimum Gasteiger partial charge on any atom is -0.294 e. The first-order chi connectivity index (χ1) is 6.50. The van der Waals surface area contributed by atoms with Crippen molar-refractivity contribution in [2.24, 2.45) is 5.41 Å². The van der Waals surface area contributed by atoms with Crippen LogP contribution >= 0.6 is 0 Å². The van der Waals surface area contributed by atoms with Gasteiger partial charge in [0.1, 0.15) is 0 Å². The molecule has 0 atom stereocenters. The molecule has 1 aromatic rings. The van der Waals surface area contributed by atoms with Crippen LogP contribution in [0.15, 0.2) is 30.6 Å². The Hall–Kier alpha value is -1.44. The molecule has 0 spiro atoms. The molecule has 0 saturated heterocycles. The highest BCUT2D eigenvalue weighted by Gasteiger charge is 2.17. The van der Waals surface area contributed by atoms with Crippen molar-refractivity contribution in [1.29, 1.82) is 0 Å². The highest BCUT2D eigenvalue weighted by atomic mass is 16.1. The zero-order valence-electron chi connectivity index (χ0n) is 8.82. The topological polar surface area (TPSA) is 30.0 Å². The second kappa shape index (κ2) is 4.18. The van der Waals surface area contributed by atoms with Crippen LogP contribution < -0.4 is 0 Å². The number of nitrogens with zero attached hydrogens (tertiary/aromatic N) is 1. The van der Waals surface area contributed by atoms with Crippen molar-refractivity contribution >= 4 is 11.9 Å². The van der Waals surface area contributed by atoms with Gasteiger partial charge in [-0.1, -0.05) is 26.8 Å². The Kier molecular flexibility index (Phi) is 3.18. The smallest absolute Gasteiger partial charge is 0.161 e. The molecular formula is C12H15NO. The molecule has 74 valence electrons. The highest BCUT2D eigenvalue weighted by Crippen LogP contribution is 2.15. The fraction of sp³-hybridized carbons (Fsp3) is 0.333. The Labute approximate surface area is 84.7 Å². The standard InChI is InChI=1S/C12H15NO/c1-12(2,3)11(14)7-6-10-5-4-8-13-9-10/h4-9H,1-3H3/b7-6+. The summed E-state index contributed by atoms with van der Waals surface area (Å²) < 4.78 is 0. The summed E-state index contributed by atoms with van der Waals surface area (Å²) >= 11 is 0. The summed E-state index contributed by atoms with van der Waals surface area (Å²) in [6.45, 7) is 5.72. The first kappa shape index (κ1) is 10.6. The first-order valence-electron chi connectivity index (χ1n) is 4.63. The zero-order valence-corrected chi connectivity index (χ0v) is 8.82. The van der Waals surface area contributed by atoms with E-state index in [0.29, 0.717) is 0 Å². The van der Waals surface area contributed by atoms with E-state index in [0.717, 1.165) is 5.56 Å². The first-order valence-corrected chi connectivity index (χ1v) is 4.63. The maximum absolute atomic E-state index is 11.5. The SMILES string of the molecule is CC(C)(C)C(=O)/C=C/c1cccnc1. The van der Waals surface area contributed by atoms with Crippen LogP contribution in [0.1, 0.15) is 26.3 Å². The van der Waals surface area contributed by atoms with Crippen molar-refractivity contribution in [3.05, 3.63) is 36.2 Å². The highest BCUT2D eigenvalue weighted by molar-refractivity contribution is 5.97. The molecule has 1 heterocycles. The van der Waals surface area contributed by atoms with Crippen molar-refractivity contribution in [3.63, 3.8) is 0 Å². The van der Waals surface area contributed by atoms with Gasteiger partial charge < -0.3 is 0 Å². The maximum atomic E-state index is 11.5. The number of carbonyl (C=O) groups is 1. The van der Waals surface area contributed by atoms with E-state index >= 15 is 0 Å². The number of rotatable bonds is 2. The van der Waals surface area contributed by atoms with Crippen molar-refractivity contribution in [1.82, 2.24) is 4.98 Å². The van der Waals surface area contributed by atoms with Crippen molar-refractivity contribution in [2.45, 2.75) is 20.8 Å². The number of allylic oxidation sites excluding steroid dienone is 1. The molecule has 2 nitrogen and oxygen atoms in total. The second-order valence-corrected chi connectivity index (χ2v) is 4.23. The lowest BCUT2D eigenvalue weighted by molar-refractivity contribution is -0.121. The van der Waals surface area contributed by atoms with Crippen LogP contribution in [-0.4, -0.2) is 10.8 Å². The van der Waals surface area contributed by atoms with E-state index in [1.807, 2.05) is 32.9 Å². The third kappa shape index (κ3) is 3.13. The van der Waals surface area contributed by atoms with Gasteiger partial charge in [-0.3, -0.25) is 9.78 Å². The van der Waals surface area contributed by atoms with Crippen LogP contribution in [-0.2, 0) is 4.79 Å². The van der Waals surface area contributed by atoms with E-state index < -0.39 is 0 Å². The molecule has 2 heteroatoms. The van der Waals surface area contributed by atoms with E-state index in [4.69, 9.17) is 0 Å². The molecular weight excluding hydrogens is 174 g/mol. The summed E-state index contributed by atoms with van der Waals surface area (Å²) in [4.78, 5) is 15.5. The van der Waals surface area contributed by atoms with Gasteiger partial charge in [-0.2, -0.15) is 0 Å². The lowest BCUT2D eigenvalue weighted by Gasteiger charge is -2.12. The molecule has 0 bridgehead atoms. The lowest BCUT2D eigenvalue weighted by atomic mass is 9.90. The molecule has 0 aromatic carbocycles. The molecule has 0 aliphatic rings. The molecule has 0 N–H and O–H groups in total. The van der Waals surface area contributed by atoms with Crippen LogP contribution in [0.3, 0.4) is 0 Å². The van der Waals surface area contributed by atoms with Gasteiger partial charge in [-0.25, -0.2) is 0 Å². The molecule has 0 fully saturated rings. The predicted octanol–water partition coefficient (Wildman–Crippen LogP) is 2.71. The van der Waals surface area contributed by atoms with Crippen LogP contribution in [0.4, 0.5) is 0 Å². The lowest BCUT2D eigenvalue weighted by Crippen LogP contribution is -2.17. The molecule has 0 amide bonds. The van der Waals surface area contributed by atoms with Crippen LogP contribution in [0.25, 0.3) is 6.08 Å².